The molecule has 556 valence electrons. The molecule has 12 rings (SSSR count). The third-order valence-corrected chi connectivity index (χ3v) is 17.9. The van der Waals surface area contributed by atoms with E-state index in [9.17, 15) is 68.7 Å². The Morgan fingerprint density at radius 1 is 0.464 bits per heavy atom. The summed E-state index contributed by atoms with van der Waals surface area (Å²) in [5.74, 6) is 3.19. The minimum absolute atomic E-state index is 0.165. The average molecular weight is 1540 g/mol. The van der Waals surface area contributed by atoms with Crippen LogP contribution in [0.15, 0.2) is 268 Å². The highest BCUT2D eigenvalue weighted by atomic mass is 35.5. The van der Waals surface area contributed by atoms with Crippen molar-refractivity contribution < 1.29 is 52.6 Å². The van der Waals surface area contributed by atoms with Gasteiger partial charge in [0.2, 0.25) is 11.8 Å². The van der Waals surface area contributed by atoms with Gasteiger partial charge < -0.3 is 32.9 Å². The first-order chi connectivity index (χ1) is 52.9. The van der Waals surface area contributed by atoms with E-state index in [1.807, 2.05) is 78.9 Å². The van der Waals surface area contributed by atoms with E-state index in [-0.39, 0.29) is 86.6 Å². The van der Waals surface area contributed by atoms with E-state index in [4.69, 9.17) is 49.8 Å². The molecule has 0 radical (unpaired) electrons. The lowest BCUT2D eigenvalue weighted by Gasteiger charge is -2.20. The van der Waals surface area contributed by atoms with Crippen molar-refractivity contribution in [3.8, 4) is 44.8 Å². The first kappa shape index (κ1) is 78.9. The van der Waals surface area contributed by atoms with Gasteiger partial charge in [-0.25, -0.2) is 15.4 Å². The number of benzene rings is 8. The maximum Gasteiger partial charge on any atom is 0.337 e. The Labute approximate surface area is 638 Å². The number of hydrogen-bond acceptors (Lipinski definition) is 20. The standard InChI is InChI=1S/C30H24ClN3O7.C29H21ClN4O6.C20H17ClN4O4/c1-41-30(38)21-9-7-20(8-10-21)29(37)32-18-27(35)26(15-19-5-3-2-4-6-19)33-14-13-22(16-28(33)36)24-17-23(31)11-12-25(24)34(39)40;1-39-29(36)20-9-7-19(8-10-20)27-31-32-28(40-27)25(15-18-5-3-2-4-6-18)33-14-13-21(16-26(33)35)23-17-22(30)11-12-24(23)34(37)38;21-15-6-7-17(25(28)29)16(12-15)14-8-9-24(19(26)11-14)18(20(27)23-22)10-13-4-2-1-3-5-13/h2-14,16-17,26H,15,18H2,1H3,(H,32,37);2-14,16-17,25H,15H2,1H3;1-9,11-12,18H,10,22H2,(H,23,27). The van der Waals surface area contributed by atoms with Crippen molar-refractivity contribution >= 4 is 81.4 Å². The molecule has 3 atom stereocenters. The number of rotatable bonds is 24. The van der Waals surface area contributed by atoms with Crippen LogP contribution in [0.1, 0.15) is 71.8 Å². The molecule has 0 saturated carbocycles. The minimum Gasteiger partial charge on any atom is -0.465 e. The molecule has 110 heavy (non-hydrogen) atoms. The monoisotopic (exact) mass is 1540 g/mol. The lowest BCUT2D eigenvalue weighted by molar-refractivity contribution is -0.384. The molecule has 2 amide bonds. The number of Topliss-reactive ketones (excluding diaryl/α,β-unsaturated/α-hetero) is 1. The van der Waals surface area contributed by atoms with Gasteiger partial charge in [0.05, 0.1) is 63.4 Å². The Kier molecular flexibility index (Phi) is 26.2. The van der Waals surface area contributed by atoms with Gasteiger partial charge in [0.15, 0.2) is 5.78 Å². The lowest BCUT2D eigenvalue weighted by atomic mass is 10.0. The van der Waals surface area contributed by atoms with Crippen LogP contribution < -0.4 is 33.3 Å². The Morgan fingerprint density at radius 2 is 0.836 bits per heavy atom. The molecule has 0 aliphatic rings. The fourth-order valence-electron chi connectivity index (χ4n) is 11.7. The molecular formula is C79H62Cl3N11O17. The van der Waals surface area contributed by atoms with Crippen molar-refractivity contribution in [3.05, 3.63) is 365 Å². The van der Waals surface area contributed by atoms with E-state index >= 15 is 0 Å². The molecule has 0 spiro atoms. The number of pyridine rings is 3. The number of nitro benzene ring substituents is 3. The van der Waals surface area contributed by atoms with E-state index in [1.165, 1.54) is 150 Å². The van der Waals surface area contributed by atoms with Gasteiger partial charge in [0, 0.05) is 100 Å². The molecule has 4 aromatic heterocycles. The SMILES string of the molecule is COC(=O)c1ccc(-c2nnc(C(Cc3ccccc3)n3ccc(-c4cc(Cl)ccc4[N+](=O)[O-])cc3=O)o2)cc1.COC(=O)c1ccc(C(=O)NCC(=O)C(Cc2ccccc2)n2ccc(-c3cc(Cl)ccc3[N+](=O)[O-])cc2=O)cc1.NNC(=O)C(Cc1ccccc1)n1ccc(-c2cc(Cl)ccc2[N+](=O)[O-])cc1=O. The van der Waals surface area contributed by atoms with E-state index in [0.717, 1.165) is 16.7 Å². The number of amides is 2. The quantitative estimate of drug-likeness (QED) is 0.0166. The first-order valence-corrected chi connectivity index (χ1v) is 34.2. The maximum atomic E-state index is 13.4. The van der Waals surface area contributed by atoms with Crippen LogP contribution in [0.4, 0.5) is 17.1 Å². The van der Waals surface area contributed by atoms with E-state index < -0.39 is 79.1 Å². The van der Waals surface area contributed by atoms with Crippen molar-refractivity contribution in [2.75, 3.05) is 20.8 Å². The van der Waals surface area contributed by atoms with Crippen LogP contribution in [0.5, 0.6) is 0 Å². The number of esters is 2. The number of ketones is 1. The van der Waals surface area contributed by atoms with Crippen molar-refractivity contribution in [2.24, 2.45) is 5.84 Å². The van der Waals surface area contributed by atoms with Crippen LogP contribution in [0.3, 0.4) is 0 Å². The Balaban J connectivity index is 0.000000178. The second-order valence-electron chi connectivity index (χ2n) is 24.1. The number of methoxy groups -OCH3 is 2. The van der Waals surface area contributed by atoms with Crippen molar-refractivity contribution in [3.63, 3.8) is 0 Å². The summed E-state index contributed by atoms with van der Waals surface area (Å²) in [5, 5.41) is 46.3. The van der Waals surface area contributed by atoms with Crippen molar-refractivity contribution in [2.45, 2.75) is 37.4 Å². The number of ether oxygens (including phenoxy) is 2. The number of carbonyl (C=O) groups excluding carboxylic acids is 5. The van der Waals surface area contributed by atoms with Crippen LogP contribution >= 0.6 is 34.8 Å². The normalized spacial score (nSPS) is 11.5. The number of hydrazine groups is 1. The molecular weight excluding hydrogens is 1480 g/mol. The van der Waals surface area contributed by atoms with Crippen LogP contribution in [-0.2, 0) is 38.3 Å². The summed E-state index contributed by atoms with van der Waals surface area (Å²) >= 11 is 18.1. The summed E-state index contributed by atoms with van der Waals surface area (Å²) in [6, 6.07) is 58.2. The highest BCUT2D eigenvalue weighted by Crippen LogP contribution is 2.36. The topological polar surface area (TPSA) is 388 Å². The third kappa shape index (κ3) is 19.7. The fraction of sp³-hybridized carbons (Fsp3) is 0.114. The number of aromatic nitrogens is 5. The summed E-state index contributed by atoms with van der Waals surface area (Å²) < 4.78 is 19.3. The van der Waals surface area contributed by atoms with Crippen molar-refractivity contribution in [1.82, 2.24) is 34.6 Å². The van der Waals surface area contributed by atoms with Gasteiger partial charge in [0.1, 0.15) is 18.1 Å². The summed E-state index contributed by atoms with van der Waals surface area (Å²) in [6.07, 6.45) is 5.15. The Morgan fingerprint density at radius 3 is 1.23 bits per heavy atom. The predicted octanol–water partition coefficient (Wildman–Crippen LogP) is 13.2. The van der Waals surface area contributed by atoms with E-state index in [2.05, 4.69) is 25.7 Å². The third-order valence-electron chi connectivity index (χ3n) is 17.2. The first-order valence-electron chi connectivity index (χ1n) is 33.1. The Bertz CT molecular complexity index is 5610. The van der Waals surface area contributed by atoms with Gasteiger partial charge in [-0.05, 0) is 137 Å². The second-order valence-corrected chi connectivity index (χ2v) is 25.4. The number of halogens is 3. The molecule has 28 nitrogen and oxygen atoms in total. The lowest BCUT2D eigenvalue weighted by Crippen LogP contribution is -2.41. The highest BCUT2D eigenvalue weighted by molar-refractivity contribution is 6.31. The molecule has 4 N–H and O–H groups in total. The molecule has 0 bridgehead atoms. The maximum absolute atomic E-state index is 13.4. The summed E-state index contributed by atoms with van der Waals surface area (Å²) in [4.78, 5) is 134. The van der Waals surface area contributed by atoms with Crippen molar-refractivity contribution in [1.29, 1.82) is 0 Å². The molecule has 4 heterocycles. The summed E-state index contributed by atoms with van der Waals surface area (Å²) in [5.41, 5.74) is 5.65. The summed E-state index contributed by atoms with van der Waals surface area (Å²) in [7, 11) is 2.55. The molecule has 8 aromatic carbocycles. The largest absolute Gasteiger partial charge is 0.465 e. The second kappa shape index (κ2) is 36.6. The molecule has 31 heteroatoms. The number of carbonyl (C=O) groups is 5. The molecule has 0 aliphatic heterocycles. The van der Waals surface area contributed by atoms with Gasteiger partial charge in [-0.3, -0.25) is 64.5 Å². The van der Waals surface area contributed by atoms with Crippen LogP contribution in [0, 0.1) is 30.3 Å². The number of nitro groups is 3. The van der Waals surface area contributed by atoms with Crippen LogP contribution in [-0.4, -0.2) is 89.0 Å². The van der Waals surface area contributed by atoms with Gasteiger partial charge >= 0.3 is 11.9 Å². The fourth-order valence-corrected chi connectivity index (χ4v) is 12.2. The average Bonchev–Trinajstić information content (AvgIpc) is 1.81. The summed E-state index contributed by atoms with van der Waals surface area (Å²) in [6.45, 7) is -0.372. The highest BCUT2D eigenvalue weighted by Gasteiger charge is 2.29. The molecule has 0 saturated heterocycles. The van der Waals surface area contributed by atoms with Gasteiger partial charge in [-0.2, -0.15) is 0 Å². The minimum atomic E-state index is -0.977. The number of nitrogens with two attached hydrogens (primary N) is 1. The molecule has 12 aromatic rings. The van der Waals surface area contributed by atoms with Gasteiger partial charge in [-0.1, -0.05) is 126 Å². The molecule has 0 aliphatic carbocycles. The molecule has 0 fully saturated rings. The van der Waals surface area contributed by atoms with Gasteiger partial charge in [-0.15, -0.1) is 10.2 Å². The van der Waals surface area contributed by atoms with Gasteiger partial charge in [0.25, 0.3) is 45.6 Å². The number of hydrogen-bond donors (Lipinski definition) is 3. The van der Waals surface area contributed by atoms with Crippen LogP contribution in [0.25, 0.3) is 44.8 Å². The van der Waals surface area contributed by atoms with E-state index in [0.29, 0.717) is 38.7 Å². The zero-order valence-corrected chi connectivity index (χ0v) is 60.2. The Hall–Kier alpha value is -13.7. The van der Waals surface area contributed by atoms with E-state index in [1.54, 1.807) is 48.7 Å². The smallest absolute Gasteiger partial charge is 0.337 e. The number of nitrogens with one attached hydrogen (secondary N) is 2. The molecule has 3 unspecified atom stereocenters. The predicted molar refractivity (Wildman–Crippen MR) is 409 cm³/mol. The van der Waals surface area contributed by atoms with Crippen LogP contribution in [0.2, 0.25) is 15.1 Å². The zero-order chi connectivity index (χ0) is 78.7. The zero-order valence-electron chi connectivity index (χ0n) is 58.0. The number of nitrogens with zero attached hydrogens (tertiary/aromatic N) is 8.